The average molecular weight is 273 g/mol. The number of ether oxygens (including phenoxy) is 1. The van der Waals surface area contributed by atoms with E-state index in [4.69, 9.17) is 4.74 Å². The lowest BCUT2D eigenvalue weighted by atomic mass is 9.98. The van der Waals surface area contributed by atoms with Gasteiger partial charge < -0.3 is 10.1 Å². The summed E-state index contributed by atoms with van der Waals surface area (Å²) in [4.78, 5) is 0. The van der Waals surface area contributed by atoms with Gasteiger partial charge in [-0.15, -0.1) is 0 Å². The molecule has 1 aromatic carbocycles. The van der Waals surface area contributed by atoms with Gasteiger partial charge in [0.25, 0.3) is 0 Å². The molecule has 1 unspecified atom stereocenters. The number of hydrogen-bond donors (Lipinski definition) is 1. The third-order valence-corrected chi connectivity index (χ3v) is 4.86. The molecule has 1 atom stereocenters. The third-order valence-electron chi connectivity index (χ3n) is 4.86. The molecule has 2 nitrogen and oxygen atoms in total. The van der Waals surface area contributed by atoms with E-state index in [2.05, 4.69) is 44.3 Å². The summed E-state index contributed by atoms with van der Waals surface area (Å²) in [5.41, 5.74) is 2.71. The minimum absolute atomic E-state index is 0.0362. The molecule has 0 amide bonds. The van der Waals surface area contributed by atoms with Crippen molar-refractivity contribution in [3.05, 3.63) is 29.3 Å². The number of benzene rings is 1. The second-order valence-electron chi connectivity index (χ2n) is 7.19. The van der Waals surface area contributed by atoms with E-state index in [1.54, 1.807) is 0 Å². The second kappa shape index (κ2) is 5.40. The van der Waals surface area contributed by atoms with Gasteiger partial charge in [-0.3, -0.25) is 0 Å². The van der Waals surface area contributed by atoms with Crippen LogP contribution in [0.4, 0.5) is 0 Å². The van der Waals surface area contributed by atoms with Gasteiger partial charge in [0.15, 0.2) is 0 Å². The molecule has 0 spiro atoms. The molecule has 110 valence electrons. The summed E-state index contributed by atoms with van der Waals surface area (Å²) in [5.74, 6) is 1.95. The zero-order valence-corrected chi connectivity index (χ0v) is 13.0. The van der Waals surface area contributed by atoms with Crippen LogP contribution in [0.5, 0.6) is 5.75 Å². The van der Waals surface area contributed by atoms with Crippen LogP contribution in [-0.4, -0.2) is 11.6 Å². The molecule has 1 N–H and O–H groups in total. The van der Waals surface area contributed by atoms with Crippen LogP contribution in [0.2, 0.25) is 0 Å². The molecule has 0 aromatic heterocycles. The average Bonchev–Trinajstić information content (AvgIpc) is 3.00. The first-order valence-corrected chi connectivity index (χ1v) is 8.08. The first-order valence-electron chi connectivity index (χ1n) is 8.08. The summed E-state index contributed by atoms with van der Waals surface area (Å²) in [6, 6.07) is 7.30. The van der Waals surface area contributed by atoms with E-state index in [-0.39, 0.29) is 5.60 Å². The Balaban J connectivity index is 1.59. The van der Waals surface area contributed by atoms with Crippen LogP contribution in [0.25, 0.3) is 0 Å². The molecule has 1 aliphatic heterocycles. The van der Waals surface area contributed by atoms with Crippen molar-refractivity contribution in [2.45, 2.75) is 71.1 Å². The van der Waals surface area contributed by atoms with E-state index < -0.39 is 0 Å². The molecule has 1 saturated carbocycles. The van der Waals surface area contributed by atoms with Gasteiger partial charge in [-0.2, -0.15) is 0 Å². The Morgan fingerprint density at radius 1 is 1.30 bits per heavy atom. The van der Waals surface area contributed by atoms with Gasteiger partial charge in [0.1, 0.15) is 11.4 Å². The molecule has 2 aliphatic rings. The van der Waals surface area contributed by atoms with Gasteiger partial charge in [0.2, 0.25) is 0 Å². The molecule has 20 heavy (non-hydrogen) atoms. The van der Waals surface area contributed by atoms with Gasteiger partial charge in [-0.05, 0) is 56.7 Å². The molecular formula is C18H27NO. The van der Waals surface area contributed by atoms with Crippen LogP contribution < -0.4 is 10.1 Å². The van der Waals surface area contributed by atoms with Crippen molar-refractivity contribution in [1.82, 2.24) is 5.32 Å². The largest absolute Gasteiger partial charge is 0.487 e. The quantitative estimate of drug-likeness (QED) is 0.893. The maximum atomic E-state index is 5.94. The lowest BCUT2D eigenvalue weighted by molar-refractivity contribution is 0.138. The molecule has 1 fully saturated rings. The summed E-state index contributed by atoms with van der Waals surface area (Å²) in [6.45, 7) is 7.64. The molecule has 2 heteroatoms. The lowest BCUT2D eigenvalue weighted by Gasteiger charge is -2.20. The Morgan fingerprint density at radius 2 is 2.05 bits per heavy atom. The maximum absolute atomic E-state index is 5.94. The van der Waals surface area contributed by atoms with Gasteiger partial charge in [-0.1, -0.05) is 25.0 Å². The Kier molecular flexibility index (Phi) is 3.76. The minimum Gasteiger partial charge on any atom is -0.487 e. The predicted octanol–water partition coefficient (Wildman–Crippen LogP) is 4.07. The normalized spacial score (nSPS) is 22.6. The molecule has 0 radical (unpaired) electrons. The zero-order valence-electron chi connectivity index (χ0n) is 13.0. The topological polar surface area (TPSA) is 21.3 Å². The van der Waals surface area contributed by atoms with E-state index in [1.165, 1.54) is 36.8 Å². The van der Waals surface area contributed by atoms with Crippen LogP contribution >= 0.6 is 0 Å². The fourth-order valence-electron chi connectivity index (χ4n) is 3.68. The summed E-state index contributed by atoms with van der Waals surface area (Å²) in [7, 11) is 0. The third kappa shape index (κ3) is 3.01. The SMILES string of the molecule is CC(NCc1ccc2c(c1)CC(C)(C)O2)C1CCCC1. The van der Waals surface area contributed by atoms with Crippen molar-refractivity contribution < 1.29 is 4.74 Å². The molecule has 0 bridgehead atoms. The Hall–Kier alpha value is -1.02. The number of fused-ring (bicyclic) bond motifs is 1. The van der Waals surface area contributed by atoms with Gasteiger partial charge in [-0.25, -0.2) is 0 Å². The standard InChI is InChI=1S/C18H27NO/c1-13(15-6-4-5-7-15)19-12-14-8-9-17-16(10-14)11-18(2,3)20-17/h8-10,13,15,19H,4-7,11-12H2,1-3H3. The highest BCUT2D eigenvalue weighted by Crippen LogP contribution is 2.35. The van der Waals surface area contributed by atoms with E-state index in [0.29, 0.717) is 6.04 Å². The lowest BCUT2D eigenvalue weighted by Crippen LogP contribution is -2.31. The smallest absolute Gasteiger partial charge is 0.123 e. The molecule has 1 heterocycles. The van der Waals surface area contributed by atoms with Crippen LogP contribution in [0.15, 0.2) is 18.2 Å². The van der Waals surface area contributed by atoms with Crippen LogP contribution in [-0.2, 0) is 13.0 Å². The van der Waals surface area contributed by atoms with Crippen molar-refractivity contribution in [1.29, 1.82) is 0 Å². The monoisotopic (exact) mass is 273 g/mol. The van der Waals surface area contributed by atoms with Crippen LogP contribution in [0.3, 0.4) is 0 Å². The summed E-state index contributed by atoms with van der Waals surface area (Å²) < 4.78 is 5.94. The number of hydrogen-bond acceptors (Lipinski definition) is 2. The van der Waals surface area contributed by atoms with Crippen molar-refractivity contribution in [3.8, 4) is 5.75 Å². The van der Waals surface area contributed by atoms with Crippen molar-refractivity contribution in [2.24, 2.45) is 5.92 Å². The first-order chi connectivity index (χ1) is 9.53. The Bertz CT molecular complexity index is 474. The second-order valence-corrected chi connectivity index (χ2v) is 7.19. The molecule has 1 aromatic rings. The summed E-state index contributed by atoms with van der Waals surface area (Å²) in [6.07, 6.45) is 6.67. The highest BCUT2D eigenvalue weighted by Gasteiger charge is 2.30. The van der Waals surface area contributed by atoms with Gasteiger partial charge in [0, 0.05) is 19.0 Å². The molecule has 1 aliphatic carbocycles. The highest BCUT2D eigenvalue weighted by atomic mass is 16.5. The fraction of sp³-hybridized carbons (Fsp3) is 0.667. The highest BCUT2D eigenvalue weighted by molar-refractivity contribution is 5.41. The van der Waals surface area contributed by atoms with Crippen LogP contribution in [0.1, 0.15) is 57.6 Å². The first kappa shape index (κ1) is 13.9. The van der Waals surface area contributed by atoms with Crippen LogP contribution in [0, 0.1) is 5.92 Å². The molecular weight excluding hydrogens is 246 g/mol. The zero-order chi connectivity index (χ0) is 14.2. The Labute approximate surface area is 122 Å². The maximum Gasteiger partial charge on any atom is 0.123 e. The Morgan fingerprint density at radius 3 is 2.80 bits per heavy atom. The predicted molar refractivity (Wildman–Crippen MR) is 83.1 cm³/mol. The van der Waals surface area contributed by atoms with E-state index in [1.807, 2.05) is 0 Å². The van der Waals surface area contributed by atoms with E-state index >= 15 is 0 Å². The van der Waals surface area contributed by atoms with E-state index in [9.17, 15) is 0 Å². The van der Waals surface area contributed by atoms with Gasteiger partial charge >= 0.3 is 0 Å². The molecule has 3 rings (SSSR count). The van der Waals surface area contributed by atoms with Crippen molar-refractivity contribution in [3.63, 3.8) is 0 Å². The van der Waals surface area contributed by atoms with E-state index in [0.717, 1.165) is 24.6 Å². The fourth-order valence-corrected chi connectivity index (χ4v) is 3.68. The molecule has 0 saturated heterocycles. The number of nitrogens with one attached hydrogen (secondary N) is 1. The summed E-state index contributed by atoms with van der Waals surface area (Å²) in [5, 5.41) is 3.71. The number of rotatable bonds is 4. The summed E-state index contributed by atoms with van der Waals surface area (Å²) >= 11 is 0. The minimum atomic E-state index is -0.0362. The van der Waals surface area contributed by atoms with Crippen molar-refractivity contribution >= 4 is 0 Å². The van der Waals surface area contributed by atoms with Gasteiger partial charge in [0.05, 0.1) is 0 Å². The van der Waals surface area contributed by atoms with Crippen molar-refractivity contribution in [2.75, 3.05) is 0 Å².